The quantitative estimate of drug-likeness (QED) is 0.845. The van der Waals surface area contributed by atoms with Crippen molar-refractivity contribution in [1.29, 1.82) is 0 Å². The fraction of sp³-hybridized carbons (Fsp3) is 0.300. The zero-order chi connectivity index (χ0) is 17.5. The molecule has 0 aliphatic heterocycles. The maximum absolute atomic E-state index is 12.7. The molecule has 1 atom stereocenters. The van der Waals surface area contributed by atoms with Crippen LogP contribution in [-0.2, 0) is 4.79 Å². The highest BCUT2D eigenvalue weighted by Gasteiger charge is 2.20. The zero-order valence-electron chi connectivity index (χ0n) is 14.4. The highest BCUT2D eigenvalue weighted by molar-refractivity contribution is 6.05. The molecule has 0 aliphatic carbocycles. The summed E-state index contributed by atoms with van der Waals surface area (Å²) in [4.78, 5) is 25.0. The molecule has 2 aromatic carbocycles. The normalized spacial score (nSPS) is 11.8. The monoisotopic (exact) mass is 324 g/mol. The van der Waals surface area contributed by atoms with Gasteiger partial charge >= 0.3 is 0 Å². The minimum absolute atomic E-state index is 0.0361. The summed E-state index contributed by atoms with van der Waals surface area (Å²) < 4.78 is 0. The fourth-order valence-electron chi connectivity index (χ4n) is 2.61. The lowest BCUT2D eigenvalue weighted by molar-refractivity contribution is -0.117. The average molecular weight is 324 g/mol. The summed E-state index contributed by atoms with van der Waals surface area (Å²) in [5.41, 5.74) is 1.99. The van der Waals surface area contributed by atoms with Gasteiger partial charge in [-0.1, -0.05) is 49.4 Å². The second-order valence-electron chi connectivity index (χ2n) is 6.03. The topological polar surface area (TPSA) is 58.2 Å². The van der Waals surface area contributed by atoms with Crippen LogP contribution in [-0.4, -0.2) is 17.9 Å². The van der Waals surface area contributed by atoms with E-state index in [0.717, 1.165) is 5.56 Å². The Morgan fingerprint density at radius 3 is 2.21 bits per heavy atom. The molecule has 24 heavy (non-hydrogen) atoms. The van der Waals surface area contributed by atoms with Gasteiger partial charge in [0.2, 0.25) is 5.91 Å². The summed E-state index contributed by atoms with van der Waals surface area (Å²) in [5, 5.41) is 5.77. The van der Waals surface area contributed by atoms with Gasteiger partial charge in [-0.2, -0.15) is 0 Å². The molecule has 0 heterocycles. The van der Waals surface area contributed by atoms with Gasteiger partial charge in [0.15, 0.2) is 0 Å². The number of para-hydroxylation sites is 1. The summed E-state index contributed by atoms with van der Waals surface area (Å²) >= 11 is 0. The fourth-order valence-corrected chi connectivity index (χ4v) is 2.61. The van der Waals surface area contributed by atoms with E-state index in [-0.39, 0.29) is 23.8 Å². The molecule has 0 aromatic heterocycles. The maximum atomic E-state index is 12.7. The predicted octanol–water partition coefficient (Wildman–Crippen LogP) is 3.96. The van der Waals surface area contributed by atoms with Gasteiger partial charge in [-0.15, -0.1) is 0 Å². The van der Waals surface area contributed by atoms with Gasteiger partial charge in [-0.3, -0.25) is 9.59 Å². The first-order valence-electron chi connectivity index (χ1n) is 8.28. The van der Waals surface area contributed by atoms with Crippen molar-refractivity contribution in [3.05, 3.63) is 65.7 Å². The number of nitrogens with one attached hydrogen (secondary N) is 2. The Kier molecular flexibility index (Phi) is 6.13. The molecule has 0 saturated heterocycles. The van der Waals surface area contributed by atoms with E-state index in [9.17, 15) is 9.59 Å². The van der Waals surface area contributed by atoms with Crippen LogP contribution in [0, 0.1) is 0 Å². The van der Waals surface area contributed by atoms with Gasteiger partial charge in [0, 0.05) is 6.04 Å². The van der Waals surface area contributed by atoms with Crippen LogP contribution in [0.15, 0.2) is 54.6 Å². The van der Waals surface area contributed by atoms with E-state index in [1.54, 1.807) is 18.2 Å². The van der Waals surface area contributed by atoms with E-state index in [4.69, 9.17) is 0 Å². The lowest BCUT2D eigenvalue weighted by atomic mass is 9.95. The van der Waals surface area contributed by atoms with Crippen molar-refractivity contribution < 1.29 is 9.59 Å². The summed E-state index contributed by atoms with van der Waals surface area (Å²) in [6.45, 7) is 5.79. The first kappa shape index (κ1) is 17.7. The van der Waals surface area contributed by atoms with Gasteiger partial charge in [0.1, 0.15) is 0 Å². The summed E-state index contributed by atoms with van der Waals surface area (Å²) in [5.74, 6) is -0.533. The van der Waals surface area contributed by atoms with Gasteiger partial charge in [0.05, 0.1) is 17.2 Å². The third-order valence-electron chi connectivity index (χ3n) is 3.78. The first-order valence-corrected chi connectivity index (χ1v) is 8.28. The summed E-state index contributed by atoms with van der Waals surface area (Å²) in [6.07, 6.45) is 0.691. The van der Waals surface area contributed by atoms with Crippen LogP contribution in [0.3, 0.4) is 0 Å². The van der Waals surface area contributed by atoms with Gasteiger partial charge in [0.25, 0.3) is 5.91 Å². The molecule has 0 radical (unpaired) electrons. The van der Waals surface area contributed by atoms with E-state index in [1.807, 2.05) is 57.2 Å². The Morgan fingerprint density at radius 2 is 1.58 bits per heavy atom. The number of hydrogen-bond acceptors (Lipinski definition) is 2. The van der Waals surface area contributed by atoms with Gasteiger partial charge in [-0.05, 0) is 38.0 Å². The number of anilines is 1. The molecule has 1 unspecified atom stereocenters. The SMILES string of the molecule is CCC(C(=O)Nc1ccccc1C(=O)NC(C)C)c1ccccc1. The Labute approximate surface area is 143 Å². The standard InChI is InChI=1S/C20H24N2O2/c1-4-16(15-10-6-5-7-11-15)19(23)22-18-13-9-8-12-17(18)20(24)21-14(2)3/h5-14,16H,4H2,1-3H3,(H,21,24)(H,22,23). The number of carbonyl (C=O) groups is 2. The summed E-state index contributed by atoms with van der Waals surface area (Å²) in [7, 11) is 0. The van der Waals surface area contributed by atoms with Crippen LogP contribution in [0.4, 0.5) is 5.69 Å². The van der Waals surface area contributed by atoms with Crippen LogP contribution in [0.25, 0.3) is 0 Å². The molecule has 2 rings (SSSR count). The smallest absolute Gasteiger partial charge is 0.253 e. The number of rotatable bonds is 6. The van der Waals surface area contributed by atoms with Crippen molar-refractivity contribution >= 4 is 17.5 Å². The number of amides is 2. The molecule has 0 bridgehead atoms. The van der Waals surface area contributed by atoms with Crippen molar-refractivity contribution in [2.75, 3.05) is 5.32 Å². The maximum Gasteiger partial charge on any atom is 0.253 e. The molecule has 0 aliphatic rings. The average Bonchev–Trinajstić information content (AvgIpc) is 2.56. The third kappa shape index (κ3) is 4.44. The van der Waals surface area contributed by atoms with Crippen molar-refractivity contribution in [2.24, 2.45) is 0 Å². The minimum atomic E-state index is -0.243. The van der Waals surface area contributed by atoms with E-state index in [0.29, 0.717) is 17.7 Å². The van der Waals surface area contributed by atoms with Crippen molar-refractivity contribution in [3.8, 4) is 0 Å². The Balaban J connectivity index is 2.21. The van der Waals surface area contributed by atoms with Crippen LogP contribution >= 0.6 is 0 Å². The molecular formula is C20H24N2O2. The van der Waals surface area contributed by atoms with Gasteiger partial charge < -0.3 is 10.6 Å². The van der Waals surface area contributed by atoms with E-state index in [2.05, 4.69) is 10.6 Å². The van der Waals surface area contributed by atoms with E-state index < -0.39 is 0 Å². The van der Waals surface area contributed by atoms with Gasteiger partial charge in [-0.25, -0.2) is 0 Å². The Hall–Kier alpha value is -2.62. The molecule has 0 spiro atoms. The Morgan fingerprint density at radius 1 is 0.958 bits per heavy atom. The number of benzene rings is 2. The van der Waals surface area contributed by atoms with Crippen molar-refractivity contribution in [1.82, 2.24) is 5.32 Å². The second kappa shape index (κ2) is 8.29. The van der Waals surface area contributed by atoms with Crippen LogP contribution in [0.2, 0.25) is 0 Å². The first-order chi connectivity index (χ1) is 11.5. The molecule has 0 fully saturated rings. The van der Waals surface area contributed by atoms with Crippen molar-refractivity contribution in [2.45, 2.75) is 39.2 Å². The molecule has 4 nitrogen and oxygen atoms in total. The number of hydrogen-bond donors (Lipinski definition) is 2. The second-order valence-corrected chi connectivity index (χ2v) is 6.03. The van der Waals surface area contributed by atoms with Crippen LogP contribution < -0.4 is 10.6 Å². The van der Waals surface area contributed by atoms with Crippen molar-refractivity contribution in [3.63, 3.8) is 0 Å². The number of carbonyl (C=O) groups excluding carboxylic acids is 2. The lowest BCUT2D eigenvalue weighted by Crippen LogP contribution is -2.31. The molecule has 126 valence electrons. The molecule has 2 N–H and O–H groups in total. The highest BCUT2D eigenvalue weighted by atomic mass is 16.2. The molecule has 2 amide bonds. The zero-order valence-corrected chi connectivity index (χ0v) is 14.4. The predicted molar refractivity (Wildman–Crippen MR) is 97.1 cm³/mol. The van der Waals surface area contributed by atoms with E-state index in [1.165, 1.54) is 0 Å². The molecule has 2 aromatic rings. The minimum Gasteiger partial charge on any atom is -0.350 e. The van der Waals surface area contributed by atoms with Crippen LogP contribution in [0.1, 0.15) is 49.0 Å². The molecule has 4 heteroatoms. The lowest BCUT2D eigenvalue weighted by Gasteiger charge is -2.17. The van der Waals surface area contributed by atoms with Crippen LogP contribution in [0.5, 0.6) is 0 Å². The summed E-state index contributed by atoms with van der Waals surface area (Å²) in [6, 6.07) is 16.8. The molecule has 0 saturated carbocycles. The molecular weight excluding hydrogens is 300 g/mol. The third-order valence-corrected chi connectivity index (χ3v) is 3.78. The van der Waals surface area contributed by atoms with E-state index >= 15 is 0 Å². The largest absolute Gasteiger partial charge is 0.350 e. The highest BCUT2D eigenvalue weighted by Crippen LogP contribution is 2.23. The Bertz CT molecular complexity index is 696.